The zero-order valence-electron chi connectivity index (χ0n) is 24.0. The molecule has 1 aromatic heterocycles. The lowest BCUT2D eigenvalue weighted by atomic mass is 9.95. The highest BCUT2D eigenvalue weighted by Crippen LogP contribution is 2.57. The molecule has 3 heterocycles. The van der Waals surface area contributed by atoms with Crippen LogP contribution in [0.3, 0.4) is 0 Å². The Labute approximate surface area is 241 Å². The topological polar surface area (TPSA) is 62.7 Å². The van der Waals surface area contributed by atoms with Crippen LogP contribution in [0.15, 0.2) is 48.5 Å². The first-order chi connectivity index (χ1) is 19.0. The summed E-state index contributed by atoms with van der Waals surface area (Å²) in [7, 11) is 1.88. The van der Waals surface area contributed by atoms with Gasteiger partial charge in [0.2, 0.25) is 0 Å². The van der Waals surface area contributed by atoms with E-state index < -0.39 is 5.60 Å². The Morgan fingerprint density at radius 3 is 2.33 bits per heavy atom. The molecule has 1 saturated carbocycles. The number of halogens is 1. The Bertz CT molecular complexity index is 1470. The zero-order chi connectivity index (χ0) is 28.3. The van der Waals surface area contributed by atoms with Crippen LogP contribution < -0.4 is 0 Å². The highest BCUT2D eigenvalue weighted by Gasteiger charge is 2.46. The summed E-state index contributed by atoms with van der Waals surface area (Å²) in [4.78, 5) is 34.9. The molecule has 3 unspecified atom stereocenters. The molecule has 6 nitrogen and oxygen atoms in total. The van der Waals surface area contributed by atoms with Crippen LogP contribution in [0, 0.1) is 6.92 Å². The van der Waals surface area contributed by atoms with E-state index in [1.807, 2.05) is 68.8 Å². The number of amides is 2. The smallest absolute Gasteiger partial charge is 0.410 e. The molecule has 2 aliphatic heterocycles. The van der Waals surface area contributed by atoms with E-state index >= 15 is 0 Å². The van der Waals surface area contributed by atoms with Crippen molar-refractivity contribution < 1.29 is 14.3 Å². The summed E-state index contributed by atoms with van der Waals surface area (Å²) in [6.45, 7) is 7.74. The SMILES string of the molecule is Cc1cc(C2CC2c2ccc(C(=O)N(C)C3C[C@H]4CC[C@@H](C3)N4C(=O)OC(C)(C)C)cc2Cl)c2ccccc2n1. The molecule has 3 aliphatic rings. The van der Waals surface area contributed by atoms with E-state index in [1.165, 1.54) is 10.9 Å². The van der Waals surface area contributed by atoms with Crippen molar-refractivity contribution in [2.75, 3.05) is 7.05 Å². The molecule has 2 bridgehead atoms. The first-order valence-corrected chi connectivity index (χ1v) is 14.8. The van der Waals surface area contributed by atoms with Crippen LogP contribution in [-0.4, -0.2) is 57.6 Å². The maximum atomic E-state index is 13.6. The van der Waals surface area contributed by atoms with E-state index in [2.05, 4.69) is 24.3 Å². The van der Waals surface area contributed by atoms with Gasteiger partial charge in [0.1, 0.15) is 5.60 Å². The maximum absolute atomic E-state index is 13.6. The fourth-order valence-electron chi connectivity index (χ4n) is 6.94. The van der Waals surface area contributed by atoms with Gasteiger partial charge in [0.15, 0.2) is 0 Å². The Morgan fingerprint density at radius 2 is 1.65 bits per heavy atom. The highest BCUT2D eigenvalue weighted by molar-refractivity contribution is 6.31. The molecule has 0 radical (unpaired) electrons. The average Bonchev–Trinajstić information content (AvgIpc) is 3.64. The summed E-state index contributed by atoms with van der Waals surface area (Å²) < 4.78 is 5.67. The van der Waals surface area contributed by atoms with E-state index in [9.17, 15) is 9.59 Å². The number of hydrogen-bond acceptors (Lipinski definition) is 4. The van der Waals surface area contributed by atoms with Crippen molar-refractivity contribution in [3.05, 3.63) is 75.9 Å². The van der Waals surface area contributed by atoms with Crippen LogP contribution in [0.25, 0.3) is 10.9 Å². The van der Waals surface area contributed by atoms with E-state index in [0.29, 0.717) is 22.4 Å². The van der Waals surface area contributed by atoms with E-state index in [-0.39, 0.29) is 30.1 Å². The molecule has 2 aromatic carbocycles. The Balaban J connectivity index is 1.14. The van der Waals surface area contributed by atoms with Gasteiger partial charge in [-0.2, -0.15) is 0 Å². The van der Waals surface area contributed by atoms with Crippen molar-refractivity contribution >= 4 is 34.5 Å². The van der Waals surface area contributed by atoms with Crippen LogP contribution in [0.1, 0.15) is 91.9 Å². The third-order valence-electron chi connectivity index (χ3n) is 8.89. The van der Waals surface area contributed by atoms with Gasteiger partial charge in [-0.25, -0.2) is 4.79 Å². The van der Waals surface area contributed by atoms with Gasteiger partial charge in [-0.3, -0.25) is 9.78 Å². The fourth-order valence-corrected chi connectivity index (χ4v) is 7.26. The molecule has 3 aromatic rings. The molecular weight excluding hydrogens is 522 g/mol. The summed E-state index contributed by atoms with van der Waals surface area (Å²) in [6.07, 6.45) is 4.26. The van der Waals surface area contributed by atoms with Crippen molar-refractivity contribution in [2.24, 2.45) is 0 Å². The quantitative estimate of drug-likeness (QED) is 0.332. The van der Waals surface area contributed by atoms with Gasteiger partial charge < -0.3 is 14.5 Å². The van der Waals surface area contributed by atoms with E-state index in [0.717, 1.165) is 48.9 Å². The van der Waals surface area contributed by atoms with Crippen molar-refractivity contribution in [1.29, 1.82) is 0 Å². The lowest BCUT2D eigenvalue weighted by Gasteiger charge is -2.42. The largest absolute Gasteiger partial charge is 0.444 e. The van der Waals surface area contributed by atoms with Gasteiger partial charge in [-0.1, -0.05) is 35.9 Å². The number of hydrogen-bond donors (Lipinski definition) is 0. The maximum Gasteiger partial charge on any atom is 0.410 e. The number of para-hydroxylation sites is 1. The molecule has 0 spiro atoms. The summed E-state index contributed by atoms with van der Waals surface area (Å²) in [5.74, 6) is 0.720. The minimum Gasteiger partial charge on any atom is -0.444 e. The van der Waals surface area contributed by atoms with Crippen LogP contribution in [0.5, 0.6) is 0 Å². The van der Waals surface area contributed by atoms with Gasteiger partial charge >= 0.3 is 6.09 Å². The lowest BCUT2D eigenvalue weighted by Crippen LogP contribution is -2.53. The minimum absolute atomic E-state index is 0.0216. The van der Waals surface area contributed by atoms with Crippen LogP contribution in [0.4, 0.5) is 4.79 Å². The van der Waals surface area contributed by atoms with Crippen LogP contribution >= 0.6 is 11.6 Å². The van der Waals surface area contributed by atoms with Gasteiger partial charge in [-0.05, 0) is 107 Å². The fraction of sp³-hybridized carbons (Fsp3) is 0.485. The Kier molecular flexibility index (Phi) is 6.81. The van der Waals surface area contributed by atoms with Crippen LogP contribution in [0.2, 0.25) is 5.02 Å². The third kappa shape index (κ3) is 5.07. The molecule has 6 rings (SSSR count). The normalized spacial score (nSPS) is 25.6. The number of carbonyl (C=O) groups excluding carboxylic acids is 2. The molecule has 5 atom stereocenters. The van der Waals surface area contributed by atoms with E-state index in [4.69, 9.17) is 21.3 Å². The van der Waals surface area contributed by atoms with Gasteiger partial charge in [0.05, 0.1) is 5.52 Å². The third-order valence-corrected chi connectivity index (χ3v) is 9.22. The molecule has 2 amide bonds. The summed E-state index contributed by atoms with van der Waals surface area (Å²) >= 11 is 6.82. The Morgan fingerprint density at radius 1 is 0.975 bits per heavy atom. The molecule has 1 aliphatic carbocycles. The van der Waals surface area contributed by atoms with Gasteiger partial charge in [0, 0.05) is 46.8 Å². The molecular formula is C33H38ClN3O3. The first-order valence-electron chi connectivity index (χ1n) is 14.4. The molecule has 7 heteroatoms. The summed E-state index contributed by atoms with van der Waals surface area (Å²) in [5, 5.41) is 1.86. The number of fused-ring (bicyclic) bond motifs is 3. The minimum atomic E-state index is -0.517. The number of benzene rings is 2. The average molecular weight is 560 g/mol. The monoisotopic (exact) mass is 559 g/mol. The number of nitrogens with zero attached hydrogens (tertiary/aromatic N) is 3. The molecule has 3 fully saturated rings. The second kappa shape index (κ2) is 10.1. The van der Waals surface area contributed by atoms with E-state index in [1.54, 1.807) is 0 Å². The number of pyridine rings is 1. The first kappa shape index (κ1) is 27.1. The zero-order valence-corrected chi connectivity index (χ0v) is 24.7. The predicted molar refractivity (Wildman–Crippen MR) is 158 cm³/mol. The van der Waals surface area contributed by atoms with Crippen molar-refractivity contribution in [3.8, 4) is 0 Å². The Hall–Kier alpha value is -3.12. The van der Waals surface area contributed by atoms with Gasteiger partial charge in [0.25, 0.3) is 5.91 Å². The second-order valence-corrected chi connectivity index (χ2v) is 13.3. The number of carbonyl (C=O) groups is 2. The standard InChI is InChI=1S/C33H38ClN3O3/c1-19-14-26(25-8-6-7-9-30(25)35-19)28-18-27(28)24-13-10-20(15-29(24)34)31(38)36(5)23-16-21-11-12-22(17-23)37(21)32(39)40-33(2,3)4/h6-10,13-15,21-23,27-28H,11-12,16-18H2,1-5H3/t21-,22+,23?,27?,28?. The summed E-state index contributed by atoms with van der Waals surface area (Å²) in [5.41, 5.74) is 4.59. The number of piperidine rings is 1. The molecule has 210 valence electrons. The van der Waals surface area contributed by atoms with Crippen molar-refractivity contribution in [1.82, 2.24) is 14.8 Å². The summed E-state index contributed by atoms with van der Waals surface area (Å²) in [6, 6.07) is 16.6. The highest BCUT2D eigenvalue weighted by atomic mass is 35.5. The molecule has 40 heavy (non-hydrogen) atoms. The van der Waals surface area contributed by atoms with Crippen molar-refractivity contribution in [3.63, 3.8) is 0 Å². The molecule has 2 saturated heterocycles. The van der Waals surface area contributed by atoms with Crippen molar-refractivity contribution in [2.45, 2.75) is 95.4 Å². The number of ether oxygens (including phenoxy) is 1. The molecule has 0 N–H and O–H groups in total. The predicted octanol–water partition coefficient (Wildman–Crippen LogP) is 7.47. The number of aryl methyl sites for hydroxylation is 1. The van der Waals surface area contributed by atoms with Crippen LogP contribution in [-0.2, 0) is 4.74 Å². The number of aromatic nitrogens is 1. The van der Waals surface area contributed by atoms with Gasteiger partial charge in [-0.15, -0.1) is 0 Å². The number of rotatable bonds is 4. The lowest BCUT2D eigenvalue weighted by molar-refractivity contribution is -0.00112. The second-order valence-electron chi connectivity index (χ2n) is 12.9.